The highest BCUT2D eigenvalue weighted by Crippen LogP contribution is 2.22. The second-order valence-electron chi connectivity index (χ2n) is 4.22. The van der Waals surface area contributed by atoms with Gasteiger partial charge in [-0.1, -0.05) is 17.3 Å². The SMILES string of the molecule is c1cc(CC2CCNC2)c2cnoc2c1. The van der Waals surface area contributed by atoms with Crippen LogP contribution < -0.4 is 5.32 Å². The molecule has 1 atom stereocenters. The number of fused-ring (bicyclic) bond motifs is 1. The molecule has 1 unspecified atom stereocenters. The predicted molar refractivity (Wildman–Crippen MR) is 58.7 cm³/mol. The summed E-state index contributed by atoms with van der Waals surface area (Å²) in [5, 5.41) is 8.41. The van der Waals surface area contributed by atoms with Crippen molar-refractivity contribution in [3.05, 3.63) is 30.0 Å². The molecule has 1 fully saturated rings. The average Bonchev–Trinajstić information content (AvgIpc) is 2.87. The number of nitrogens with one attached hydrogen (secondary N) is 1. The fourth-order valence-electron chi connectivity index (χ4n) is 2.33. The standard InChI is InChI=1S/C12H14N2O/c1-2-10(6-9-4-5-13-7-9)11-8-14-15-12(11)3-1/h1-3,8-9,13H,4-7H2. The molecule has 1 N–H and O–H groups in total. The van der Waals surface area contributed by atoms with E-state index in [4.69, 9.17) is 4.52 Å². The minimum atomic E-state index is 0.769. The Morgan fingerprint density at radius 2 is 2.47 bits per heavy atom. The molecule has 0 amide bonds. The number of hydrogen-bond donors (Lipinski definition) is 1. The maximum atomic E-state index is 5.16. The summed E-state index contributed by atoms with van der Waals surface area (Å²) in [5.41, 5.74) is 2.26. The molecule has 2 heterocycles. The lowest BCUT2D eigenvalue weighted by Gasteiger charge is -2.08. The quantitative estimate of drug-likeness (QED) is 0.809. The molecule has 0 spiro atoms. The van der Waals surface area contributed by atoms with Gasteiger partial charge in [0, 0.05) is 5.39 Å². The third-order valence-corrected chi connectivity index (χ3v) is 3.16. The van der Waals surface area contributed by atoms with Crippen molar-refractivity contribution < 1.29 is 4.52 Å². The maximum Gasteiger partial charge on any atom is 0.167 e. The molecule has 15 heavy (non-hydrogen) atoms. The van der Waals surface area contributed by atoms with E-state index in [1.54, 1.807) is 0 Å². The third kappa shape index (κ3) is 1.63. The van der Waals surface area contributed by atoms with Crippen molar-refractivity contribution in [3.63, 3.8) is 0 Å². The van der Waals surface area contributed by atoms with Crippen LogP contribution in [0.25, 0.3) is 11.0 Å². The van der Waals surface area contributed by atoms with Gasteiger partial charge in [-0.05, 0) is 43.5 Å². The van der Waals surface area contributed by atoms with Gasteiger partial charge in [-0.15, -0.1) is 0 Å². The van der Waals surface area contributed by atoms with E-state index in [-0.39, 0.29) is 0 Å². The van der Waals surface area contributed by atoms with Crippen molar-refractivity contribution in [3.8, 4) is 0 Å². The van der Waals surface area contributed by atoms with Crippen LogP contribution in [0.5, 0.6) is 0 Å². The molecule has 1 aromatic carbocycles. The van der Waals surface area contributed by atoms with E-state index < -0.39 is 0 Å². The number of nitrogens with zero attached hydrogens (tertiary/aromatic N) is 1. The van der Waals surface area contributed by atoms with Gasteiger partial charge in [-0.25, -0.2) is 0 Å². The first-order valence-electron chi connectivity index (χ1n) is 5.46. The van der Waals surface area contributed by atoms with Crippen molar-refractivity contribution >= 4 is 11.0 Å². The van der Waals surface area contributed by atoms with E-state index in [2.05, 4.69) is 16.5 Å². The van der Waals surface area contributed by atoms with Crippen LogP contribution in [-0.2, 0) is 6.42 Å². The summed E-state index contributed by atoms with van der Waals surface area (Å²) in [6, 6.07) is 6.20. The number of benzene rings is 1. The normalized spacial score (nSPS) is 21.2. The topological polar surface area (TPSA) is 38.1 Å². The molecule has 1 aromatic heterocycles. The van der Waals surface area contributed by atoms with Crippen LogP contribution in [-0.4, -0.2) is 18.2 Å². The minimum Gasteiger partial charge on any atom is -0.356 e. The van der Waals surface area contributed by atoms with Gasteiger partial charge in [-0.3, -0.25) is 0 Å². The molecule has 3 rings (SSSR count). The molecular formula is C12H14N2O. The summed E-state index contributed by atoms with van der Waals surface area (Å²) in [4.78, 5) is 0. The van der Waals surface area contributed by atoms with E-state index in [9.17, 15) is 0 Å². The highest BCUT2D eigenvalue weighted by Gasteiger charge is 2.16. The number of rotatable bonds is 2. The molecule has 1 saturated heterocycles. The van der Waals surface area contributed by atoms with E-state index in [1.165, 1.54) is 17.4 Å². The third-order valence-electron chi connectivity index (χ3n) is 3.16. The Morgan fingerprint density at radius 1 is 1.47 bits per heavy atom. The van der Waals surface area contributed by atoms with Crippen LogP contribution in [0.15, 0.2) is 28.9 Å². The molecule has 0 radical (unpaired) electrons. The van der Waals surface area contributed by atoms with Gasteiger partial charge in [0.05, 0.1) is 6.20 Å². The Bertz CT molecular complexity index is 457. The Balaban J connectivity index is 1.92. The summed E-state index contributed by atoms with van der Waals surface area (Å²) in [7, 11) is 0. The van der Waals surface area contributed by atoms with Crippen molar-refractivity contribution in [1.82, 2.24) is 10.5 Å². The van der Waals surface area contributed by atoms with Crippen LogP contribution in [0.2, 0.25) is 0 Å². The first-order valence-corrected chi connectivity index (χ1v) is 5.46. The van der Waals surface area contributed by atoms with Gasteiger partial charge >= 0.3 is 0 Å². The number of aromatic nitrogens is 1. The Morgan fingerprint density at radius 3 is 3.33 bits per heavy atom. The maximum absolute atomic E-state index is 5.16. The van der Waals surface area contributed by atoms with Crippen molar-refractivity contribution in [1.29, 1.82) is 0 Å². The zero-order valence-corrected chi connectivity index (χ0v) is 8.57. The molecule has 3 heteroatoms. The van der Waals surface area contributed by atoms with E-state index in [0.29, 0.717) is 0 Å². The average molecular weight is 202 g/mol. The van der Waals surface area contributed by atoms with Gasteiger partial charge in [-0.2, -0.15) is 0 Å². The van der Waals surface area contributed by atoms with Crippen LogP contribution in [0.4, 0.5) is 0 Å². The first-order chi connectivity index (χ1) is 7.43. The van der Waals surface area contributed by atoms with Crippen LogP contribution >= 0.6 is 0 Å². The summed E-state index contributed by atoms with van der Waals surface area (Å²) < 4.78 is 5.16. The zero-order valence-electron chi connectivity index (χ0n) is 8.57. The molecule has 0 saturated carbocycles. The van der Waals surface area contributed by atoms with Crippen LogP contribution in [0.1, 0.15) is 12.0 Å². The van der Waals surface area contributed by atoms with Crippen LogP contribution in [0.3, 0.4) is 0 Å². The minimum absolute atomic E-state index is 0.769. The van der Waals surface area contributed by atoms with Crippen molar-refractivity contribution in [2.45, 2.75) is 12.8 Å². The molecule has 78 valence electrons. The monoisotopic (exact) mass is 202 g/mol. The Kier molecular flexibility index (Phi) is 2.18. The fraction of sp³-hybridized carbons (Fsp3) is 0.417. The van der Waals surface area contributed by atoms with E-state index in [0.717, 1.165) is 31.0 Å². The lowest BCUT2D eigenvalue weighted by Crippen LogP contribution is -2.10. The van der Waals surface area contributed by atoms with Gasteiger partial charge in [0.25, 0.3) is 0 Å². The summed E-state index contributed by atoms with van der Waals surface area (Å²) >= 11 is 0. The molecule has 1 aliphatic rings. The van der Waals surface area contributed by atoms with Gasteiger partial charge in [0.1, 0.15) is 0 Å². The second-order valence-corrected chi connectivity index (χ2v) is 4.22. The summed E-state index contributed by atoms with van der Waals surface area (Å²) in [5.74, 6) is 0.769. The van der Waals surface area contributed by atoms with Gasteiger partial charge in [0.15, 0.2) is 5.58 Å². The molecule has 2 aromatic rings. The van der Waals surface area contributed by atoms with E-state index in [1.807, 2.05) is 18.3 Å². The van der Waals surface area contributed by atoms with Gasteiger partial charge < -0.3 is 9.84 Å². The van der Waals surface area contributed by atoms with Gasteiger partial charge in [0.2, 0.25) is 0 Å². The Hall–Kier alpha value is -1.35. The second kappa shape index (κ2) is 3.66. The summed E-state index contributed by atoms with van der Waals surface area (Å²) in [6.45, 7) is 2.30. The molecule has 0 aliphatic carbocycles. The largest absolute Gasteiger partial charge is 0.356 e. The number of hydrogen-bond acceptors (Lipinski definition) is 3. The summed E-state index contributed by atoms with van der Waals surface area (Å²) in [6.07, 6.45) is 4.24. The molecule has 3 nitrogen and oxygen atoms in total. The first kappa shape index (κ1) is 8.92. The van der Waals surface area contributed by atoms with E-state index >= 15 is 0 Å². The fourth-order valence-corrected chi connectivity index (χ4v) is 2.33. The molecular weight excluding hydrogens is 188 g/mol. The van der Waals surface area contributed by atoms with Crippen molar-refractivity contribution in [2.75, 3.05) is 13.1 Å². The smallest absolute Gasteiger partial charge is 0.167 e. The molecule has 0 bridgehead atoms. The lowest BCUT2D eigenvalue weighted by molar-refractivity contribution is 0.456. The Labute approximate surface area is 88.4 Å². The zero-order chi connectivity index (χ0) is 10.1. The predicted octanol–water partition coefficient (Wildman–Crippen LogP) is 1.98. The lowest BCUT2D eigenvalue weighted by atomic mass is 9.97. The van der Waals surface area contributed by atoms with Crippen LogP contribution in [0, 0.1) is 5.92 Å². The van der Waals surface area contributed by atoms with Crippen molar-refractivity contribution in [2.24, 2.45) is 5.92 Å². The highest BCUT2D eigenvalue weighted by molar-refractivity contribution is 5.79. The molecule has 1 aliphatic heterocycles. The highest BCUT2D eigenvalue weighted by atomic mass is 16.5.